The highest BCUT2D eigenvalue weighted by Gasteiger charge is 2.22. The molecule has 0 saturated carbocycles. The second-order valence-electron chi connectivity index (χ2n) is 8.89. The lowest BCUT2D eigenvalue weighted by molar-refractivity contribution is -0.139. The average Bonchev–Trinajstić information content (AvgIpc) is 2.91. The number of aliphatic carboxylic acids is 1. The van der Waals surface area contributed by atoms with E-state index in [0.717, 1.165) is 5.56 Å². The Kier molecular flexibility index (Phi) is 11.2. The molecule has 3 aromatic rings. The first-order valence-corrected chi connectivity index (χ1v) is 12.3. The van der Waals surface area contributed by atoms with E-state index in [1.165, 1.54) is 0 Å². The smallest absolute Gasteiger partial charge is 0.341 e. The molecule has 37 heavy (non-hydrogen) atoms. The van der Waals surface area contributed by atoms with Crippen molar-refractivity contribution in [2.45, 2.75) is 31.6 Å². The normalized spacial score (nSPS) is 13.5. The zero-order valence-electron chi connectivity index (χ0n) is 21.0. The molecule has 8 heteroatoms. The number of hydrogen-bond acceptors (Lipinski definition) is 7. The van der Waals surface area contributed by atoms with Crippen LogP contribution in [-0.2, 0) is 11.2 Å². The number of nitrogens with zero attached hydrogens (tertiary/aromatic N) is 1. The SMILES string of the molecule is C[C@H](Cc1ccc(OCC(=O)O)cc1)N(C[C@H](O)COc1ccccc1)C[C@H](O)COc1ccccc1. The predicted molar refractivity (Wildman–Crippen MR) is 140 cm³/mol. The number of carboxylic acid groups (broad SMARTS) is 1. The summed E-state index contributed by atoms with van der Waals surface area (Å²) in [6, 6.07) is 25.8. The highest BCUT2D eigenvalue weighted by molar-refractivity contribution is 5.68. The Balaban J connectivity index is 1.59. The molecular formula is C29H35NO7. The van der Waals surface area contributed by atoms with Crippen LogP contribution >= 0.6 is 0 Å². The van der Waals surface area contributed by atoms with Gasteiger partial charge in [0.25, 0.3) is 0 Å². The van der Waals surface area contributed by atoms with Gasteiger partial charge in [-0.15, -0.1) is 0 Å². The number of hydrogen-bond donors (Lipinski definition) is 3. The zero-order valence-corrected chi connectivity index (χ0v) is 21.0. The van der Waals surface area contributed by atoms with E-state index in [1.807, 2.05) is 84.6 Å². The van der Waals surface area contributed by atoms with Crippen molar-refractivity contribution in [1.82, 2.24) is 4.90 Å². The van der Waals surface area contributed by atoms with Crippen LogP contribution in [0.5, 0.6) is 17.2 Å². The summed E-state index contributed by atoms with van der Waals surface area (Å²) in [4.78, 5) is 12.7. The molecule has 0 bridgehead atoms. The van der Waals surface area contributed by atoms with Crippen molar-refractivity contribution >= 4 is 5.97 Å². The van der Waals surface area contributed by atoms with Gasteiger partial charge in [-0.3, -0.25) is 4.90 Å². The van der Waals surface area contributed by atoms with Crippen LogP contribution in [0.2, 0.25) is 0 Å². The first-order chi connectivity index (χ1) is 17.9. The number of rotatable bonds is 16. The monoisotopic (exact) mass is 509 g/mol. The number of carbonyl (C=O) groups is 1. The van der Waals surface area contributed by atoms with E-state index < -0.39 is 24.8 Å². The number of aliphatic hydroxyl groups is 2. The van der Waals surface area contributed by atoms with E-state index in [2.05, 4.69) is 0 Å². The van der Waals surface area contributed by atoms with Gasteiger partial charge in [-0.2, -0.15) is 0 Å². The minimum Gasteiger partial charge on any atom is -0.491 e. The molecule has 3 N–H and O–H groups in total. The number of carboxylic acids is 1. The van der Waals surface area contributed by atoms with Gasteiger partial charge in [-0.25, -0.2) is 4.79 Å². The summed E-state index contributed by atoms with van der Waals surface area (Å²) in [7, 11) is 0. The van der Waals surface area contributed by atoms with E-state index in [-0.39, 0.29) is 19.3 Å². The highest BCUT2D eigenvalue weighted by atomic mass is 16.5. The van der Waals surface area contributed by atoms with Gasteiger partial charge in [0, 0.05) is 19.1 Å². The van der Waals surface area contributed by atoms with Crippen molar-refractivity contribution in [3.8, 4) is 17.2 Å². The van der Waals surface area contributed by atoms with Gasteiger partial charge >= 0.3 is 5.97 Å². The summed E-state index contributed by atoms with van der Waals surface area (Å²) in [6.45, 7) is 2.49. The van der Waals surface area contributed by atoms with E-state index in [0.29, 0.717) is 36.8 Å². The van der Waals surface area contributed by atoms with Gasteiger partial charge in [0.1, 0.15) is 42.7 Å². The third-order valence-electron chi connectivity index (χ3n) is 5.70. The van der Waals surface area contributed by atoms with Crippen LogP contribution in [0, 0.1) is 0 Å². The fraction of sp³-hybridized carbons (Fsp3) is 0.345. The topological polar surface area (TPSA) is 109 Å². The highest BCUT2D eigenvalue weighted by Crippen LogP contribution is 2.17. The number of ether oxygens (including phenoxy) is 3. The Morgan fingerprint density at radius 1 is 0.730 bits per heavy atom. The average molecular weight is 510 g/mol. The Bertz CT molecular complexity index is 995. The predicted octanol–water partition coefficient (Wildman–Crippen LogP) is 3.26. The second kappa shape index (κ2) is 14.8. The van der Waals surface area contributed by atoms with Crippen LogP contribution in [0.25, 0.3) is 0 Å². The molecule has 0 aliphatic rings. The largest absolute Gasteiger partial charge is 0.491 e. The summed E-state index contributed by atoms with van der Waals surface area (Å²) in [5, 5.41) is 30.2. The van der Waals surface area contributed by atoms with Gasteiger partial charge in [0.15, 0.2) is 6.61 Å². The molecule has 0 spiro atoms. The van der Waals surface area contributed by atoms with E-state index in [9.17, 15) is 15.0 Å². The summed E-state index contributed by atoms with van der Waals surface area (Å²) in [5.41, 5.74) is 1.02. The van der Waals surface area contributed by atoms with Crippen molar-refractivity contribution in [2.24, 2.45) is 0 Å². The van der Waals surface area contributed by atoms with E-state index in [4.69, 9.17) is 19.3 Å². The first kappa shape index (κ1) is 28.0. The van der Waals surface area contributed by atoms with Gasteiger partial charge in [-0.05, 0) is 55.3 Å². The summed E-state index contributed by atoms with van der Waals surface area (Å²) >= 11 is 0. The molecule has 0 heterocycles. The molecule has 198 valence electrons. The number of aliphatic hydroxyl groups excluding tert-OH is 2. The quantitative estimate of drug-likeness (QED) is 0.270. The molecule has 0 aliphatic carbocycles. The molecule has 3 atom stereocenters. The van der Waals surface area contributed by atoms with Crippen molar-refractivity contribution in [3.63, 3.8) is 0 Å². The third kappa shape index (κ3) is 10.5. The Hall–Kier alpha value is -3.59. The van der Waals surface area contributed by atoms with Gasteiger partial charge in [-0.1, -0.05) is 48.5 Å². The first-order valence-electron chi connectivity index (χ1n) is 12.3. The molecule has 3 aromatic carbocycles. The maximum Gasteiger partial charge on any atom is 0.341 e. The lowest BCUT2D eigenvalue weighted by Gasteiger charge is -2.32. The minimum atomic E-state index is -1.03. The number of benzene rings is 3. The van der Waals surface area contributed by atoms with Crippen LogP contribution in [0.4, 0.5) is 0 Å². The molecule has 0 aliphatic heterocycles. The second-order valence-corrected chi connectivity index (χ2v) is 8.89. The summed E-state index contributed by atoms with van der Waals surface area (Å²) < 4.78 is 16.6. The lowest BCUT2D eigenvalue weighted by Crippen LogP contribution is -2.46. The fourth-order valence-corrected chi connectivity index (χ4v) is 3.84. The van der Waals surface area contributed by atoms with Crippen LogP contribution in [0.3, 0.4) is 0 Å². The standard InChI is InChI=1S/C29H35NO7/c1-22(16-23-12-14-28(15-13-23)37-21-29(33)34)30(17-24(31)19-35-26-8-4-2-5-9-26)18-25(32)20-36-27-10-6-3-7-11-27/h2-15,22,24-25,31-32H,16-21H2,1H3,(H,33,34)/t22-,24+,25+/m1/s1. The summed E-state index contributed by atoms with van der Waals surface area (Å²) in [6.07, 6.45) is -0.883. The molecule has 0 aromatic heterocycles. The van der Waals surface area contributed by atoms with Crippen molar-refractivity contribution in [1.29, 1.82) is 0 Å². The third-order valence-corrected chi connectivity index (χ3v) is 5.70. The van der Waals surface area contributed by atoms with Crippen molar-refractivity contribution < 1.29 is 34.3 Å². The van der Waals surface area contributed by atoms with Crippen LogP contribution in [0.15, 0.2) is 84.9 Å². The van der Waals surface area contributed by atoms with Crippen LogP contribution < -0.4 is 14.2 Å². The molecule has 3 rings (SSSR count). The molecule has 8 nitrogen and oxygen atoms in total. The molecule has 0 saturated heterocycles. The summed E-state index contributed by atoms with van der Waals surface area (Å²) in [5.74, 6) is 0.820. The van der Waals surface area contributed by atoms with Gasteiger partial charge < -0.3 is 29.5 Å². The fourth-order valence-electron chi connectivity index (χ4n) is 3.84. The number of para-hydroxylation sites is 2. The Morgan fingerprint density at radius 2 is 1.19 bits per heavy atom. The lowest BCUT2D eigenvalue weighted by atomic mass is 10.0. The minimum absolute atomic E-state index is 0.0245. The molecule has 0 radical (unpaired) electrons. The van der Waals surface area contributed by atoms with E-state index >= 15 is 0 Å². The van der Waals surface area contributed by atoms with Gasteiger partial charge in [0.05, 0.1) is 0 Å². The van der Waals surface area contributed by atoms with Crippen LogP contribution in [-0.4, -0.2) is 77.3 Å². The van der Waals surface area contributed by atoms with Crippen molar-refractivity contribution in [3.05, 3.63) is 90.5 Å². The Labute approximate surface area is 217 Å². The Morgan fingerprint density at radius 3 is 1.65 bits per heavy atom. The molecule has 0 fully saturated rings. The van der Waals surface area contributed by atoms with Crippen LogP contribution in [0.1, 0.15) is 12.5 Å². The maximum atomic E-state index is 10.7. The molecular weight excluding hydrogens is 474 g/mol. The molecule has 0 unspecified atom stereocenters. The zero-order chi connectivity index (χ0) is 26.5. The van der Waals surface area contributed by atoms with E-state index in [1.54, 1.807) is 12.1 Å². The van der Waals surface area contributed by atoms with Crippen molar-refractivity contribution in [2.75, 3.05) is 32.9 Å². The molecule has 0 amide bonds. The maximum absolute atomic E-state index is 10.7. The van der Waals surface area contributed by atoms with Gasteiger partial charge in [0.2, 0.25) is 0 Å².